The zero-order valence-corrected chi connectivity index (χ0v) is 14.3. The molecule has 2 heterocycles. The minimum absolute atomic E-state index is 0.0157. The number of methoxy groups -OCH3 is 1. The van der Waals surface area contributed by atoms with Crippen LogP contribution in [0.3, 0.4) is 0 Å². The van der Waals surface area contributed by atoms with Crippen molar-refractivity contribution in [1.82, 2.24) is 4.48 Å². The van der Waals surface area contributed by atoms with E-state index >= 15 is 0 Å². The molecule has 2 aromatic carbocycles. The molecule has 4 rings (SSSR count). The van der Waals surface area contributed by atoms with Gasteiger partial charge in [0.25, 0.3) is 0 Å². The number of nitriles is 1. The second-order valence-corrected chi connectivity index (χ2v) is 6.64. The molecule has 0 saturated carbocycles. The number of aliphatic imine (C=N–C) groups is 1. The number of amides is 1. The molecule has 2 aliphatic heterocycles. The maximum Gasteiger partial charge on any atom is 0.244 e. The first-order valence-corrected chi connectivity index (χ1v) is 7.93. The number of amidine groups is 1. The van der Waals surface area contributed by atoms with Crippen LogP contribution in [0.2, 0.25) is 0 Å². The molecular formula is C19H17N4O2+. The first-order chi connectivity index (χ1) is 11.9. The summed E-state index contributed by atoms with van der Waals surface area (Å²) in [5, 5.41) is 12.0. The van der Waals surface area contributed by atoms with Gasteiger partial charge in [-0.2, -0.15) is 10.3 Å². The number of hydrogen-bond donors (Lipinski definition) is 1. The van der Waals surface area contributed by atoms with Crippen LogP contribution in [0.25, 0.3) is 0 Å². The van der Waals surface area contributed by atoms with Crippen LogP contribution in [-0.4, -0.2) is 32.9 Å². The standard InChI is InChI=1S/C19H16N4O2/c1-23(2)16-9-14-12(8-18(24)21-14)7-15(16)22-19(23)13-5-4-11(10-20)6-17(13)25-3/h4-7,9H,8H2,1-3H3/p+1. The van der Waals surface area contributed by atoms with Crippen LogP contribution in [0, 0.1) is 11.3 Å². The number of nitrogens with one attached hydrogen (secondary N) is 1. The van der Waals surface area contributed by atoms with Crippen molar-refractivity contribution in [3.63, 3.8) is 0 Å². The molecule has 2 aromatic rings. The first kappa shape index (κ1) is 15.4. The van der Waals surface area contributed by atoms with Crippen molar-refractivity contribution in [2.24, 2.45) is 4.99 Å². The van der Waals surface area contributed by atoms with E-state index in [9.17, 15) is 4.79 Å². The molecule has 1 N–H and O–H groups in total. The Balaban J connectivity index is 1.86. The van der Waals surface area contributed by atoms with Gasteiger partial charge < -0.3 is 10.1 Å². The molecule has 124 valence electrons. The molecule has 25 heavy (non-hydrogen) atoms. The van der Waals surface area contributed by atoms with Crippen LogP contribution in [0.5, 0.6) is 5.75 Å². The van der Waals surface area contributed by atoms with E-state index in [0.717, 1.165) is 34.0 Å². The van der Waals surface area contributed by atoms with Crippen LogP contribution in [-0.2, 0) is 11.2 Å². The lowest BCUT2D eigenvalue weighted by atomic mass is 10.1. The highest BCUT2D eigenvalue weighted by molar-refractivity contribution is 6.14. The Hall–Kier alpha value is -3.17. The third kappa shape index (κ3) is 2.21. The van der Waals surface area contributed by atoms with E-state index in [0.29, 0.717) is 22.2 Å². The quantitative estimate of drug-likeness (QED) is 0.859. The van der Waals surface area contributed by atoms with E-state index in [4.69, 9.17) is 15.0 Å². The van der Waals surface area contributed by atoms with E-state index in [1.54, 1.807) is 19.2 Å². The van der Waals surface area contributed by atoms with Gasteiger partial charge in [0.2, 0.25) is 11.7 Å². The molecule has 0 atom stereocenters. The SMILES string of the molecule is COc1cc(C#N)ccc1C1=Nc2cc3c(cc2[N+]1(C)C)NC(=O)C3. The topological polar surface area (TPSA) is 74.5 Å². The summed E-state index contributed by atoms with van der Waals surface area (Å²) in [6.45, 7) is 0. The highest BCUT2D eigenvalue weighted by Gasteiger charge is 2.40. The number of carbonyl (C=O) groups is 1. The summed E-state index contributed by atoms with van der Waals surface area (Å²) in [5.74, 6) is 1.48. The first-order valence-electron chi connectivity index (χ1n) is 7.93. The van der Waals surface area contributed by atoms with Gasteiger partial charge in [0.05, 0.1) is 50.5 Å². The summed E-state index contributed by atoms with van der Waals surface area (Å²) in [4.78, 5) is 16.5. The van der Waals surface area contributed by atoms with Crippen molar-refractivity contribution in [1.29, 1.82) is 5.26 Å². The fraction of sp³-hybridized carbons (Fsp3) is 0.211. The van der Waals surface area contributed by atoms with Crippen LogP contribution < -0.4 is 14.5 Å². The predicted octanol–water partition coefficient (Wildman–Crippen LogP) is 2.72. The second-order valence-electron chi connectivity index (χ2n) is 6.64. The average molecular weight is 333 g/mol. The number of anilines is 1. The molecular weight excluding hydrogens is 316 g/mol. The lowest BCUT2D eigenvalue weighted by Gasteiger charge is -2.26. The second kappa shape index (κ2) is 5.16. The van der Waals surface area contributed by atoms with Crippen molar-refractivity contribution < 1.29 is 9.53 Å². The Morgan fingerprint density at radius 1 is 1.28 bits per heavy atom. The maximum absolute atomic E-state index is 11.6. The predicted molar refractivity (Wildman–Crippen MR) is 96.3 cm³/mol. The molecule has 0 saturated heterocycles. The van der Waals surface area contributed by atoms with Crippen molar-refractivity contribution in [2.45, 2.75) is 6.42 Å². The number of benzene rings is 2. The van der Waals surface area contributed by atoms with Gasteiger partial charge in [-0.1, -0.05) is 0 Å². The molecule has 0 radical (unpaired) electrons. The number of nitrogens with zero attached hydrogens (tertiary/aromatic N) is 3. The fourth-order valence-corrected chi connectivity index (χ4v) is 3.45. The van der Waals surface area contributed by atoms with E-state index in [-0.39, 0.29) is 5.91 Å². The lowest BCUT2D eigenvalue weighted by molar-refractivity contribution is -0.115. The molecule has 0 bridgehead atoms. The van der Waals surface area contributed by atoms with Crippen LogP contribution >= 0.6 is 0 Å². The van der Waals surface area contributed by atoms with Gasteiger partial charge in [-0.3, -0.25) is 4.79 Å². The minimum Gasteiger partial charge on any atom is -0.496 e. The fourth-order valence-electron chi connectivity index (χ4n) is 3.45. The Labute approximate surface area is 145 Å². The van der Waals surface area contributed by atoms with Crippen LogP contribution in [0.4, 0.5) is 17.1 Å². The van der Waals surface area contributed by atoms with Crippen LogP contribution in [0.1, 0.15) is 16.7 Å². The van der Waals surface area contributed by atoms with Crippen molar-refractivity contribution in [3.05, 3.63) is 47.0 Å². The smallest absolute Gasteiger partial charge is 0.244 e. The Bertz CT molecular complexity index is 999. The normalized spacial score (nSPS) is 16.6. The summed E-state index contributed by atoms with van der Waals surface area (Å²) >= 11 is 0. The summed E-state index contributed by atoms with van der Waals surface area (Å²) in [6.07, 6.45) is 0.390. The monoisotopic (exact) mass is 333 g/mol. The average Bonchev–Trinajstić information content (AvgIpc) is 3.08. The third-order valence-electron chi connectivity index (χ3n) is 4.76. The summed E-state index contributed by atoms with van der Waals surface area (Å²) in [6, 6.07) is 11.5. The molecule has 0 aliphatic carbocycles. The zero-order chi connectivity index (χ0) is 17.8. The minimum atomic E-state index is 0.0157. The van der Waals surface area contributed by atoms with Gasteiger partial charge in [-0.25, -0.2) is 4.48 Å². The van der Waals surface area contributed by atoms with Crippen molar-refractivity contribution in [3.8, 4) is 11.8 Å². The Morgan fingerprint density at radius 2 is 2.08 bits per heavy atom. The number of hydrogen-bond acceptors (Lipinski definition) is 4. The van der Waals surface area contributed by atoms with Crippen LogP contribution in [0.15, 0.2) is 35.3 Å². The summed E-state index contributed by atoms with van der Waals surface area (Å²) < 4.78 is 5.92. The zero-order valence-electron chi connectivity index (χ0n) is 14.3. The van der Waals surface area contributed by atoms with Gasteiger partial charge >= 0.3 is 0 Å². The molecule has 0 unspecified atom stereocenters. The van der Waals surface area contributed by atoms with Gasteiger partial charge in [-0.05, 0) is 29.8 Å². The maximum atomic E-state index is 11.6. The highest BCUT2D eigenvalue weighted by atomic mass is 16.5. The molecule has 0 aromatic heterocycles. The molecule has 6 heteroatoms. The van der Waals surface area contributed by atoms with Gasteiger partial charge in [0.15, 0.2) is 5.69 Å². The van der Waals surface area contributed by atoms with Gasteiger partial charge in [0, 0.05) is 6.07 Å². The lowest BCUT2D eigenvalue weighted by Crippen LogP contribution is -2.44. The number of quaternary nitrogens is 1. The van der Waals surface area contributed by atoms with E-state index in [2.05, 4.69) is 11.4 Å². The Morgan fingerprint density at radius 3 is 2.80 bits per heavy atom. The molecule has 1 amide bonds. The van der Waals surface area contributed by atoms with Gasteiger partial charge in [-0.15, -0.1) is 0 Å². The Kier molecular flexibility index (Phi) is 3.17. The molecule has 0 fully saturated rings. The van der Waals surface area contributed by atoms with E-state index in [1.807, 2.05) is 32.3 Å². The van der Waals surface area contributed by atoms with E-state index in [1.165, 1.54) is 0 Å². The van der Waals surface area contributed by atoms with Crippen molar-refractivity contribution >= 4 is 28.8 Å². The van der Waals surface area contributed by atoms with E-state index < -0.39 is 0 Å². The number of rotatable bonds is 2. The number of ether oxygens (including phenoxy) is 1. The van der Waals surface area contributed by atoms with Crippen molar-refractivity contribution in [2.75, 3.05) is 26.5 Å². The number of carbonyl (C=O) groups excluding carboxylic acids is 1. The van der Waals surface area contributed by atoms with Gasteiger partial charge in [0.1, 0.15) is 11.4 Å². The molecule has 0 spiro atoms. The third-order valence-corrected chi connectivity index (χ3v) is 4.76. The number of fused-ring (bicyclic) bond motifs is 2. The largest absolute Gasteiger partial charge is 0.496 e. The molecule has 2 aliphatic rings. The summed E-state index contributed by atoms with van der Waals surface area (Å²) in [7, 11) is 5.68. The highest BCUT2D eigenvalue weighted by Crippen LogP contribution is 2.45. The molecule has 6 nitrogen and oxygen atoms in total. The summed E-state index contributed by atoms with van der Waals surface area (Å²) in [5.41, 5.74) is 5.11.